The van der Waals surface area contributed by atoms with Crippen LogP contribution in [-0.4, -0.2) is 46.4 Å². The van der Waals surface area contributed by atoms with Gasteiger partial charge in [-0.15, -0.1) is 0 Å². The van der Waals surface area contributed by atoms with Gasteiger partial charge in [0.2, 0.25) is 0 Å². The molecule has 8 heteroatoms. The van der Waals surface area contributed by atoms with Crippen LogP contribution >= 0.6 is 11.6 Å². The Morgan fingerprint density at radius 3 is 2.57 bits per heavy atom. The number of aromatic nitrogens is 2. The van der Waals surface area contributed by atoms with E-state index < -0.39 is 18.3 Å². The normalized spacial score (nSPS) is 24.5. The number of halogens is 1. The van der Waals surface area contributed by atoms with Gasteiger partial charge in [-0.25, -0.2) is 4.68 Å². The molecule has 2 aliphatic rings. The van der Waals surface area contributed by atoms with Crippen LogP contribution < -0.4 is 5.46 Å². The van der Waals surface area contributed by atoms with Gasteiger partial charge >= 0.3 is 7.12 Å². The van der Waals surface area contributed by atoms with Crippen LogP contribution in [0.2, 0.25) is 5.02 Å². The number of aliphatic hydroxyl groups is 1. The van der Waals surface area contributed by atoms with Gasteiger partial charge in [-0.05, 0) is 76.4 Å². The molecule has 3 heterocycles. The molecule has 0 bridgehead atoms. The second kappa shape index (κ2) is 8.10. The fraction of sp³-hybridized carbons (Fsp3) is 0.682. The molecule has 2 aromatic rings. The van der Waals surface area contributed by atoms with Crippen molar-refractivity contribution in [3.63, 3.8) is 0 Å². The first-order chi connectivity index (χ1) is 14.2. The highest BCUT2D eigenvalue weighted by Crippen LogP contribution is 2.40. The van der Waals surface area contributed by atoms with Crippen molar-refractivity contribution in [2.45, 2.75) is 83.6 Å². The van der Waals surface area contributed by atoms with Crippen LogP contribution in [0.15, 0.2) is 12.3 Å². The summed E-state index contributed by atoms with van der Waals surface area (Å²) < 4.78 is 20.8. The Morgan fingerprint density at radius 2 is 1.97 bits per heavy atom. The molecule has 0 saturated carbocycles. The predicted molar refractivity (Wildman–Crippen MR) is 119 cm³/mol. The fourth-order valence-corrected chi connectivity index (χ4v) is 4.79. The van der Waals surface area contributed by atoms with Crippen LogP contribution in [-0.2, 0) is 14.0 Å². The maximum Gasteiger partial charge on any atom is 0.495 e. The molecule has 164 valence electrons. The zero-order chi connectivity index (χ0) is 21.7. The van der Waals surface area contributed by atoms with Crippen molar-refractivity contribution < 1.29 is 19.2 Å². The van der Waals surface area contributed by atoms with Crippen molar-refractivity contribution in [1.82, 2.24) is 9.78 Å². The van der Waals surface area contributed by atoms with E-state index in [1.807, 2.05) is 44.6 Å². The maximum atomic E-state index is 9.56. The van der Waals surface area contributed by atoms with Gasteiger partial charge in [0.25, 0.3) is 0 Å². The van der Waals surface area contributed by atoms with E-state index in [1.54, 1.807) is 0 Å². The Kier molecular flexibility index (Phi) is 5.96. The SMILES string of the molecule is CC(CCO)c1c(Cl)cc2c(cnn2C2CCCCO2)c1B1OC(C)(C)C(C)(C)O1. The molecule has 1 N–H and O–H groups in total. The topological polar surface area (TPSA) is 65.7 Å². The van der Waals surface area contributed by atoms with Crippen LogP contribution in [0.3, 0.4) is 0 Å². The van der Waals surface area contributed by atoms with Gasteiger partial charge in [0.15, 0.2) is 6.23 Å². The molecule has 1 aromatic carbocycles. The average Bonchev–Trinajstić information content (AvgIpc) is 3.18. The molecular formula is C22H32BClN2O4. The summed E-state index contributed by atoms with van der Waals surface area (Å²) in [6.07, 6.45) is 5.53. The molecule has 4 rings (SSSR count). The van der Waals surface area contributed by atoms with E-state index in [0.29, 0.717) is 11.4 Å². The highest BCUT2D eigenvalue weighted by Gasteiger charge is 2.53. The zero-order valence-electron chi connectivity index (χ0n) is 18.6. The van der Waals surface area contributed by atoms with Gasteiger partial charge in [0, 0.05) is 23.6 Å². The molecule has 30 heavy (non-hydrogen) atoms. The fourth-order valence-electron chi connectivity index (χ4n) is 4.39. The first kappa shape index (κ1) is 22.1. The van der Waals surface area contributed by atoms with Gasteiger partial charge in [-0.1, -0.05) is 18.5 Å². The maximum absolute atomic E-state index is 9.56. The largest absolute Gasteiger partial charge is 0.495 e. The van der Waals surface area contributed by atoms with Crippen LogP contribution in [0.25, 0.3) is 10.9 Å². The van der Waals surface area contributed by atoms with Crippen molar-refractivity contribution in [2.24, 2.45) is 0 Å². The standard InChI is InChI=1S/C22H32BClN2O4/c1-14(9-10-27)19-16(24)12-17-15(13-25-26(17)18-8-6-7-11-28-18)20(19)23-29-21(2,3)22(4,5)30-23/h12-14,18,27H,6-11H2,1-5H3. The molecule has 2 atom stereocenters. The van der Waals surface area contributed by atoms with Crippen LogP contribution in [0.4, 0.5) is 0 Å². The highest BCUT2D eigenvalue weighted by atomic mass is 35.5. The van der Waals surface area contributed by atoms with Crippen LogP contribution in [0.5, 0.6) is 0 Å². The number of rotatable bonds is 5. The zero-order valence-corrected chi connectivity index (χ0v) is 19.3. The van der Waals surface area contributed by atoms with Crippen molar-refractivity contribution in [1.29, 1.82) is 0 Å². The molecule has 0 amide bonds. The highest BCUT2D eigenvalue weighted by molar-refractivity contribution is 6.66. The summed E-state index contributed by atoms with van der Waals surface area (Å²) in [5.41, 5.74) is 1.87. The van der Waals surface area contributed by atoms with Gasteiger partial charge < -0.3 is 19.2 Å². The van der Waals surface area contributed by atoms with Gasteiger partial charge in [-0.2, -0.15) is 5.10 Å². The molecule has 0 aliphatic carbocycles. The van der Waals surface area contributed by atoms with Gasteiger partial charge in [0.1, 0.15) is 0 Å². The number of nitrogens with zero attached hydrogens (tertiary/aromatic N) is 2. The lowest BCUT2D eigenvalue weighted by Crippen LogP contribution is -2.41. The average molecular weight is 435 g/mol. The molecule has 1 aromatic heterocycles. The number of ether oxygens (including phenoxy) is 1. The van der Waals surface area contributed by atoms with E-state index in [1.165, 1.54) is 0 Å². The molecule has 0 radical (unpaired) electrons. The predicted octanol–water partition coefficient (Wildman–Crippen LogP) is 4.17. The monoisotopic (exact) mass is 434 g/mol. The summed E-state index contributed by atoms with van der Waals surface area (Å²) in [6, 6.07) is 1.97. The number of hydrogen-bond donors (Lipinski definition) is 1. The third kappa shape index (κ3) is 3.69. The Bertz CT molecular complexity index is 907. The molecular weight excluding hydrogens is 403 g/mol. The lowest BCUT2D eigenvalue weighted by Gasteiger charge is -2.32. The molecule has 2 unspecified atom stereocenters. The van der Waals surface area contributed by atoms with E-state index in [9.17, 15) is 5.11 Å². The van der Waals surface area contributed by atoms with E-state index >= 15 is 0 Å². The van der Waals surface area contributed by atoms with E-state index in [-0.39, 0.29) is 18.8 Å². The van der Waals surface area contributed by atoms with Gasteiger partial charge in [0.05, 0.1) is 22.9 Å². The van der Waals surface area contributed by atoms with Crippen molar-refractivity contribution in [3.8, 4) is 0 Å². The van der Waals surface area contributed by atoms with Crippen LogP contribution in [0.1, 0.15) is 78.0 Å². The molecule has 2 fully saturated rings. The Morgan fingerprint density at radius 1 is 1.27 bits per heavy atom. The summed E-state index contributed by atoms with van der Waals surface area (Å²) in [5, 5.41) is 15.9. The first-order valence-electron chi connectivity index (χ1n) is 10.9. The van der Waals surface area contributed by atoms with E-state index in [0.717, 1.165) is 47.8 Å². The van der Waals surface area contributed by atoms with Gasteiger partial charge in [-0.3, -0.25) is 0 Å². The minimum Gasteiger partial charge on any atom is -0.399 e. The molecule has 0 spiro atoms. The molecule has 2 saturated heterocycles. The van der Waals surface area contributed by atoms with E-state index in [4.69, 9.17) is 25.6 Å². The minimum absolute atomic E-state index is 0.0511. The van der Waals surface area contributed by atoms with Crippen molar-refractivity contribution >= 4 is 35.1 Å². The molecule has 6 nitrogen and oxygen atoms in total. The number of aliphatic hydroxyl groups excluding tert-OH is 1. The van der Waals surface area contributed by atoms with Crippen molar-refractivity contribution in [2.75, 3.05) is 13.2 Å². The van der Waals surface area contributed by atoms with Crippen LogP contribution in [0, 0.1) is 0 Å². The smallest absolute Gasteiger partial charge is 0.399 e. The summed E-state index contributed by atoms with van der Waals surface area (Å²) in [4.78, 5) is 0. The Balaban J connectivity index is 1.88. The Hall–Kier alpha value is -1.12. The summed E-state index contributed by atoms with van der Waals surface area (Å²) >= 11 is 6.85. The summed E-state index contributed by atoms with van der Waals surface area (Å²) in [5.74, 6) is 0.0511. The summed E-state index contributed by atoms with van der Waals surface area (Å²) in [6.45, 7) is 11.1. The quantitative estimate of drug-likeness (QED) is 0.715. The lowest BCUT2D eigenvalue weighted by molar-refractivity contribution is -0.0366. The third-order valence-corrected chi connectivity index (χ3v) is 7.22. The number of hydrogen-bond acceptors (Lipinski definition) is 5. The van der Waals surface area contributed by atoms with Crippen molar-refractivity contribution in [3.05, 3.63) is 22.8 Å². The first-order valence-corrected chi connectivity index (χ1v) is 11.3. The third-order valence-electron chi connectivity index (χ3n) is 6.91. The minimum atomic E-state index is -0.558. The summed E-state index contributed by atoms with van der Waals surface area (Å²) in [7, 11) is -0.558. The number of fused-ring (bicyclic) bond motifs is 1. The number of benzene rings is 1. The van der Waals surface area contributed by atoms with E-state index in [2.05, 4.69) is 12.0 Å². The lowest BCUT2D eigenvalue weighted by atomic mass is 9.71. The second-order valence-electron chi connectivity index (χ2n) is 9.53. The Labute approximate surface area is 184 Å². The molecule has 2 aliphatic heterocycles. The second-order valence-corrected chi connectivity index (χ2v) is 9.94.